The Morgan fingerprint density at radius 3 is 2.57 bits per heavy atom. The molecule has 0 aromatic carbocycles. The number of halogens is 3. The molecule has 10 heteroatoms. The lowest BCUT2D eigenvalue weighted by Crippen LogP contribution is -2.29. The highest BCUT2D eigenvalue weighted by atomic mass is 32.2. The standard InChI is InChI=1S/C11H13F3N2O4S/c1-6-8(5-17)9(20-21(18,19)11(12,13)14)7-3-4-16(2)10(7)15-6/h17H,3-5H2,1-2H3. The van der Waals surface area contributed by atoms with Crippen LogP contribution in [-0.2, 0) is 23.1 Å². The van der Waals surface area contributed by atoms with Crippen molar-refractivity contribution < 1.29 is 30.9 Å². The Hall–Kier alpha value is -1.55. The molecule has 0 saturated carbocycles. The van der Waals surface area contributed by atoms with Gasteiger partial charge in [0.05, 0.1) is 6.61 Å². The molecule has 0 amide bonds. The summed E-state index contributed by atoms with van der Waals surface area (Å²) in [5.41, 5.74) is -5.12. The summed E-state index contributed by atoms with van der Waals surface area (Å²) in [6, 6.07) is 0. The second-order valence-corrected chi connectivity index (χ2v) is 6.16. The number of pyridine rings is 1. The SMILES string of the molecule is Cc1nc2c(c(OS(=O)(=O)C(F)(F)F)c1CO)CCN2C. The van der Waals surface area contributed by atoms with Gasteiger partial charge in [0.2, 0.25) is 0 Å². The fourth-order valence-electron chi connectivity index (χ4n) is 2.11. The summed E-state index contributed by atoms with van der Waals surface area (Å²) in [7, 11) is -4.12. The van der Waals surface area contributed by atoms with E-state index >= 15 is 0 Å². The van der Waals surface area contributed by atoms with Gasteiger partial charge in [0.15, 0.2) is 5.75 Å². The number of nitrogens with zero attached hydrogens (tertiary/aromatic N) is 2. The van der Waals surface area contributed by atoms with Crippen molar-refractivity contribution in [3.8, 4) is 5.75 Å². The highest BCUT2D eigenvalue weighted by Gasteiger charge is 2.49. The molecular formula is C11H13F3N2O4S. The minimum atomic E-state index is -5.80. The number of rotatable bonds is 3. The maximum Gasteiger partial charge on any atom is 0.534 e. The van der Waals surface area contributed by atoms with Crippen LogP contribution in [0, 0.1) is 6.92 Å². The van der Waals surface area contributed by atoms with Gasteiger partial charge in [-0.25, -0.2) is 4.98 Å². The topological polar surface area (TPSA) is 79.7 Å². The van der Waals surface area contributed by atoms with Gasteiger partial charge in [0.1, 0.15) is 5.82 Å². The van der Waals surface area contributed by atoms with Crippen LogP contribution in [0.5, 0.6) is 5.75 Å². The molecule has 0 spiro atoms. The second kappa shape index (κ2) is 5.02. The Balaban J connectivity index is 2.61. The number of likely N-dealkylation sites (N-methyl/N-ethyl adjacent to an activating group) is 1. The van der Waals surface area contributed by atoms with Crippen LogP contribution >= 0.6 is 0 Å². The summed E-state index contributed by atoms with van der Waals surface area (Å²) in [4.78, 5) is 5.85. The molecule has 1 aliphatic rings. The average molecular weight is 326 g/mol. The van der Waals surface area contributed by atoms with E-state index in [1.165, 1.54) is 6.92 Å². The number of aliphatic hydroxyl groups excluding tert-OH is 1. The summed E-state index contributed by atoms with van der Waals surface area (Å²) in [5, 5.41) is 9.29. The van der Waals surface area contributed by atoms with Gasteiger partial charge >= 0.3 is 15.6 Å². The molecule has 1 aromatic heterocycles. The molecular weight excluding hydrogens is 313 g/mol. The Kier molecular flexibility index (Phi) is 3.79. The molecule has 1 aromatic rings. The van der Waals surface area contributed by atoms with Gasteiger partial charge in [-0.15, -0.1) is 0 Å². The third kappa shape index (κ3) is 2.64. The van der Waals surface area contributed by atoms with Gasteiger partial charge in [-0.2, -0.15) is 21.6 Å². The number of hydrogen-bond acceptors (Lipinski definition) is 6. The van der Waals surface area contributed by atoms with Crippen molar-refractivity contribution in [2.24, 2.45) is 0 Å². The largest absolute Gasteiger partial charge is 0.534 e. The van der Waals surface area contributed by atoms with Crippen LogP contribution in [0.15, 0.2) is 0 Å². The quantitative estimate of drug-likeness (QED) is 0.662. The van der Waals surface area contributed by atoms with E-state index in [9.17, 15) is 26.7 Å². The van der Waals surface area contributed by atoms with Gasteiger partial charge in [-0.3, -0.25) is 0 Å². The van der Waals surface area contributed by atoms with E-state index in [2.05, 4.69) is 9.17 Å². The van der Waals surface area contributed by atoms with Gasteiger partial charge in [0, 0.05) is 30.4 Å². The lowest BCUT2D eigenvalue weighted by molar-refractivity contribution is -0.0500. The van der Waals surface area contributed by atoms with Crippen molar-refractivity contribution in [1.82, 2.24) is 4.98 Å². The zero-order valence-electron chi connectivity index (χ0n) is 11.2. The number of fused-ring (bicyclic) bond motifs is 1. The summed E-state index contributed by atoms with van der Waals surface area (Å²) in [6.45, 7) is 1.27. The molecule has 21 heavy (non-hydrogen) atoms. The Labute approximate surface area is 119 Å². The number of alkyl halides is 3. The van der Waals surface area contributed by atoms with Gasteiger partial charge in [0.25, 0.3) is 0 Å². The molecule has 0 atom stereocenters. The second-order valence-electron chi connectivity index (χ2n) is 4.62. The lowest BCUT2D eigenvalue weighted by Gasteiger charge is -2.18. The van der Waals surface area contributed by atoms with Crippen molar-refractivity contribution >= 4 is 15.9 Å². The van der Waals surface area contributed by atoms with E-state index in [4.69, 9.17) is 0 Å². The molecule has 0 radical (unpaired) electrons. The van der Waals surface area contributed by atoms with Crippen LogP contribution in [0.2, 0.25) is 0 Å². The number of hydrogen-bond donors (Lipinski definition) is 1. The summed E-state index contributed by atoms with van der Waals surface area (Å²) in [5.74, 6) is -0.112. The van der Waals surface area contributed by atoms with Crippen LogP contribution in [0.25, 0.3) is 0 Å². The van der Waals surface area contributed by atoms with E-state index in [0.717, 1.165) is 0 Å². The monoisotopic (exact) mass is 326 g/mol. The van der Waals surface area contributed by atoms with Crippen molar-refractivity contribution in [2.75, 3.05) is 18.5 Å². The van der Waals surface area contributed by atoms with Crippen LogP contribution in [0.3, 0.4) is 0 Å². The fraction of sp³-hybridized carbons (Fsp3) is 0.545. The number of anilines is 1. The maximum atomic E-state index is 12.5. The number of aliphatic hydroxyl groups is 1. The minimum Gasteiger partial charge on any atom is -0.391 e. The molecule has 1 aliphatic heterocycles. The van der Waals surface area contributed by atoms with Gasteiger partial charge in [-0.05, 0) is 13.3 Å². The molecule has 2 rings (SSSR count). The van der Waals surface area contributed by atoms with Crippen molar-refractivity contribution in [3.05, 3.63) is 16.8 Å². The van der Waals surface area contributed by atoms with E-state index in [1.807, 2.05) is 0 Å². The Morgan fingerprint density at radius 2 is 2.05 bits per heavy atom. The molecule has 2 heterocycles. The van der Waals surface area contributed by atoms with E-state index in [-0.39, 0.29) is 23.2 Å². The lowest BCUT2D eigenvalue weighted by atomic mass is 10.1. The zero-order valence-corrected chi connectivity index (χ0v) is 12.0. The maximum absolute atomic E-state index is 12.5. The van der Waals surface area contributed by atoms with E-state index in [0.29, 0.717) is 12.4 Å². The van der Waals surface area contributed by atoms with Crippen molar-refractivity contribution in [2.45, 2.75) is 25.5 Å². The summed E-state index contributed by atoms with van der Waals surface area (Å²) in [6.07, 6.45) is 0.287. The third-order valence-electron chi connectivity index (χ3n) is 3.22. The minimum absolute atomic E-state index is 0.0584. The average Bonchev–Trinajstić information content (AvgIpc) is 2.69. The predicted octanol–water partition coefficient (Wildman–Crippen LogP) is 1.10. The van der Waals surface area contributed by atoms with Gasteiger partial charge < -0.3 is 14.2 Å². The number of aryl methyl sites for hydroxylation is 1. The zero-order chi connectivity index (χ0) is 16.0. The summed E-state index contributed by atoms with van der Waals surface area (Å²) < 4.78 is 64.2. The fourth-order valence-corrected chi connectivity index (χ4v) is 2.63. The summed E-state index contributed by atoms with van der Waals surface area (Å²) >= 11 is 0. The smallest absolute Gasteiger partial charge is 0.391 e. The van der Waals surface area contributed by atoms with Gasteiger partial charge in [-0.1, -0.05) is 0 Å². The van der Waals surface area contributed by atoms with Crippen LogP contribution in [-0.4, -0.2) is 37.6 Å². The molecule has 0 aliphatic carbocycles. The third-order valence-corrected chi connectivity index (χ3v) is 4.17. The highest BCUT2D eigenvalue weighted by Crippen LogP contribution is 2.39. The first-order chi connectivity index (χ1) is 9.58. The molecule has 1 N–H and O–H groups in total. The molecule has 0 unspecified atom stereocenters. The first-order valence-electron chi connectivity index (χ1n) is 5.93. The predicted molar refractivity (Wildman–Crippen MR) is 67.5 cm³/mol. The molecule has 118 valence electrons. The first-order valence-corrected chi connectivity index (χ1v) is 7.34. The Morgan fingerprint density at radius 1 is 1.43 bits per heavy atom. The van der Waals surface area contributed by atoms with Crippen LogP contribution in [0.4, 0.5) is 19.0 Å². The van der Waals surface area contributed by atoms with Crippen LogP contribution < -0.4 is 9.08 Å². The molecule has 0 bridgehead atoms. The first kappa shape index (κ1) is 15.8. The van der Waals surface area contributed by atoms with Crippen LogP contribution in [0.1, 0.15) is 16.8 Å². The van der Waals surface area contributed by atoms with E-state index < -0.39 is 28.0 Å². The molecule has 6 nitrogen and oxygen atoms in total. The highest BCUT2D eigenvalue weighted by molar-refractivity contribution is 7.88. The Bertz CT molecular complexity index is 673. The molecule has 0 fully saturated rings. The molecule has 0 saturated heterocycles. The number of aromatic nitrogens is 1. The normalized spacial score (nSPS) is 15.2. The van der Waals surface area contributed by atoms with E-state index in [1.54, 1.807) is 11.9 Å². The van der Waals surface area contributed by atoms with Crippen molar-refractivity contribution in [3.63, 3.8) is 0 Å². The van der Waals surface area contributed by atoms with Crippen molar-refractivity contribution in [1.29, 1.82) is 0 Å².